The number of fused-ring (bicyclic) bond motifs is 4. The maximum Gasteiger partial charge on any atom is 0.146 e. The third-order valence-electron chi connectivity index (χ3n) is 12.3. The molecule has 0 radical (unpaired) electrons. The highest BCUT2D eigenvalue weighted by Crippen LogP contribution is 2.58. The maximum absolute atomic E-state index is 13.9. The van der Waals surface area contributed by atoms with E-state index in [4.69, 9.17) is 0 Å². The van der Waals surface area contributed by atoms with Gasteiger partial charge in [0.15, 0.2) is 0 Å². The number of hydrogen-bond acceptors (Lipinski definition) is 5. The molecule has 0 amide bonds. The second-order valence-corrected chi connectivity index (χ2v) is 15.5. The second kappa shape index (κ2) is 14.5. The van der Waals surface area contributed by atoms with E-state index in [9.17, 15) is 10.2 Å². The molecule has 11 rings (SSSR count). The summed E-state index contributed by atoms with van der Waals surface area (Å²) in [7, 11) is 0. The quantitative estimate of drug-likeness (QED) is 0.168. The minimum atomic E-state index is -1.59. The van der Waals surface area contributed by atoms with E-state index in [0.29, 0.717) is 11.1 Å². The van der Waals surface area contributed by atoms with Gasteiger partial charge in [-0.2, -0.15) is 0 Å². The SMILES string of the molecule is OC1(c2ccccc2N(c2ccccc2)c2ccccc2C2(O)c3ccccc3N(c3ccccc3)c3ccccc32)c2ccccc2N(c2ccccc2)c2ccccc21. The average molecular weight is 788 g/mol. The molecule has 0 saturated carbocycles. The van der Waals surface area contributed by atoms with Crippen LogP contribution in [0.4, 0.5) is 51.2 Å². The third kappa shape index (κ3) is 5.56. The Hall–Kier alpha value is -7.70. The van der Waals surface area contributed by atoms with Crippen LogP contribution in [0.2, 0.25) is 0 Å². The summed E-state index contributed by atoms with van der Waals surface area (Å²) in [5, 5.41) is 27.8. The van der Waals surface area contributed by atoms with Crippen molar-refractivity contribution < 1.29 is 10.2 Å². The van der Waals surface area contributed by atoms with Crippen LogP contribution < -0.4 is 14.7 Å². The van der Waals surface area contributed by atoms with Crippen molar-refractivity contribution in [2.24, 2.45) is 0 Å². The minimum absolute atomic E-state index is 0.702. The number of hydrogen-bond donors (Lipinski definition) is 2. The molecular formula is C56H41N3O2. The molecule has 292 valence electrons. The Morgan fingerprint density at radius 2 is 0.541 bits per heavy atom. The first kappa shape index (κ1) is 36.4. The van der Waals surface area contributed by atoms with Crippen LogP contribution in [0, 0.1) is 0 Å². The summed E-state index contributed by atoms with van der Waals surface area (Å²) in [5.74, 6) is 0. The van der Waals surface area contributed by atoms with E-state index >= 15 is 0 Å². The molecule has 0 spiro atoms. The Kier molecular flexibility index (Phi) is 8.67. The molecule has 0 unspecified atom stereocenters. The lowest BCUT2D eigenvalue weighted by Crippen LogP contribution is -2.38. The molecule has 5 nitrogen and oxygen atoms in total. The van der Waals surface area contributed by atoms with Gasteiger partial charge in [0.2, 0.25) is 0 Å². The molecule has 0 aliphatic carbocycles. The highest BCUT2D eigenvalue weighted by Gasteiger charge is 2.48. The highest BCUT2D eigenvalue weighted by atomic mass is 16.3. The van der Waals surface area contributed by atoms with Crippen LogP contribution in [-0.2, 0) is 11.2 Å². The molecule has 2 N–H and O–H groups in total. The van der Waals surface area contributed by atoms with Crippen LogP contribution in [0.15, 0.2) is 237 Å². The van der Waals surface area contributed by atoms with Crippen molar-refractivity contribution in [3.8, 4) is 0 Å². The van der Waals surface area contributed by atoms with Crippen LogP contribution in [-0.4, -0.2) is 10.2 Å². The van der Waals surface area contributed by atoms with Crippen molar-refractivity contribution in [1.82, 2.24) is 0 Å². The number of rotatable bonds is 7. The van der Waals surface area contributed by atoms with Gasteiger partial charge >= 0.3 is 0 Å². The Morgan fingerprint density at radius 3 is 0.885 bits per heavy atom. The smallest absolute Gasteiger partial charge is 0.146 e. The summed E-state index contributed by atoms with van der Waals surface area (Å²) in [6.07, 6.45) is 0. The molecule has 2 heterocycles. The lowest BCUT2D eigenvalue weighted by atomic mass is 9.74. The number of anilines is 9. The van der Waals surface area contributed by atoms with Crippen LogP contribution >= 0.6 is 0 Å². The Balaban J connectivity index is 1.17. The summed E-state index contributed by atoms with van der Waals surface area (Å²) in [4.78, 5) is 6.67. The lowest BCUT2D eigenvalue weighted by molar-refractivity contribution is 0.125. The van der Waals surface area contributed by atoms with Gasteiger partial charge in [0, 0.05) is 50.4 Å². The fraction of sp³-hybridized carbons (Fsp3) is 0.0357. The zero-order chi connectivity index (χ0) is 41.0. The number of nitrogens with zero attached hydrogens (tertiary/aromatic N) is 3. The van der Waals surface area contributed by atoms with Gasteiger partial charge in [-0.1, -0.05) is 164 Å². The van der Waals surface area contributed by atoms with Crippen LogP contribution in [0.25, 0.3) is 0 Å². The minimum Gasteiger partial charge on any atom is -0.376 e. The first-order valence-electron chi connectivity index (χ1n) is 20.7. The van der Waals surface area contributed by atoms with Gasteiger partial charge in [-0.05, 0) is 72.8 Å². The van der Waals surface area contributed by atoms with Gasteiger partial charge in [-0.15, -0.1) is 0 Å². The maximum atomic E-state index is 13.9. The predicted octanol–water partition coefficient (Wildman–Crippen LogP) is 13.3. The summed E-state index contributed by atoms with van der Waals surface area (Å²) >= 11 is 0. The molecule has 9 aromatic rings. The normalized spacial score (nSPS) is 14.3. The number of benzene rings is 9. The zero-order valence-electron chi connectivity index (χ0n) is 33.3. The molecule has 2 aliphatic rings. The van der Waals surface area contributed by atoms with E-state index in [1.807, 2.05) is 164 Å². The van der Waals surface area contributed by atoms with E-state index in [1.54, 1.807) is 0 Å². The van der Waals surface area contributed by atoms with E-state index in [1.165, 1.54) is 0 Å². The van der Waals surface area contributed by atoms with Crippen molar-refractivity contribution in [2.75, 3.05) is 14.7 Å². The molecule has 0 aromatic heterocycles. The molecular weight excluding hydrogens is 747 g/mol. The van der Waals surface area contributed by atoms with E-state index in [0.717, 1.165) is 73.4 Å². The molecule has 9 aromatic carbocycles. The molecule has 0 fully saturated rings. The highest BCUT2D eigenvalue weighted by molar-refractivity contribution is 5.92. The molecule has 2 aliphatic heterocycles. The van der Waals surface area contributed by atoms with Crippen molar-refractivity contribution in [3.63, 3.8) is 0 Å². The Labute approximate surface area is 355 Å². The van der Waals surface area contributed by atoms with Gasteiger partial charge in [0.1, 0.15) is 11.2 Å². The van der Waals surface area contributed by atoms with E-state index < -0.39 is 11.2 Å². The first-order chi connectivity index (χ1) is 30.1. The van der Waals surface area contributed by atoms with Gasteiger partial charge in [0.25, 0.3) is 0 Å². The molecule has 61 heavy (non-hydrogen) atoms. The predicted molar refractivity (Wildman–Crippen MR) is 248 cm³/mol. The summed E-state index contributed by atoms with van der Waals surface area (Å²) < 4.78 is 0. The van der Waals surface area contributed by atoms with E-state index in [2.05, 4.69) is 87.5 Å². The standard InChI is InChI=1S/C56H41N3O2/c60-55(43-28-10-16-34-49(43)57(40-22-4-1-5-23-40)50-35-17-11-29-44(50)55)47-32-14-20-38-53(47)59(42-26-8-3-9-27-42)54-39-21-15-33-48(54)56(61)45-30-12-18-36-51(45)58(41-24-6-2-7-25-41)52-37-19-13-31-46(52)56/h1-39,60-61H. The van der Waals surface area contributed by atoms with Crippen LogP contribution in [0.5, 0.6) is 0 Å². The monoisotopic (exact) mass is 787 g/mol. The third-order valence-corrected chi connectivity index (χ3v) is 12.3. The second-order valence-electron chi connectivity index (χ2n) is 15.5. The fourth-order valence-electron chi connectivity index (χ4n) is 9.67. The average Bonchev–Trinajstić information content (AvgIpc) is 3.33. The summed E-state index contributed by atoms with van der Waals surface area (Å²) in [5.41, 5.74) is 9.28. The number of aliphatic hydroxyl groups is 2. The fourth-order valence-corrected chi connectivity index (χ4v) is 9.67. The largest absolute Gasteiger partial charge is 0.376 e. The van der Waals surface area contributed by atoms with Crippen molar-refractivity contribution >= 4 is 51.2 Å². The van der Waals surface area contributed by atoms with Crippen LogP contribution in [0.3, 0.4) is 0 Å². The Bertz CT molecular complexity index is 2760. The van der Waals surface area contributed by atoms with Gasteiger partial charge < -0.3 is 24.9 Å². The van der Waals surface area contributed by atoms with Crippen molar-refractivity contribution in [2.45, 2.75) is 11.2 Å². The van der Waals surface area contributed by atoms with Gasteiger partial charge in [-0.25, -0.2) is 0 Å². The van der Waals surface area contributed by atoms with Crippen molar-refractivity contribution in [3.05, 3.63) is 270 Å². The van der Waals surface area contributed by atoms with E-state index in [-0.39, 0.29) is 0 Å². The molecule has 5 heteroatoms. The molecule has 0 bridgehead atoms. The van der Waals surface area contributed by atoms with Crippen LogP contribution in [0.1, 0.15) is 33.4 Å². The van der Waals surface area contributed by atoms with Crippen molar-refractivity contribution in [1.29, 1.82) is 0 Å². The summed E-state index contributed by atoms with van der Waals surface area (Å²) in [6.45, 7) is 0. The topological polar surface area (TPSA) is 50.2 Å². The number of para-hydroxylation sites is 9. The molecule has 0 atom stereocenters. The lowest BCUT2D eigenvalue weighted by Gasteiger charge is -2.45. The zero-order valence-corrected chi connectivity index (χ0v) is 33.3. The summed E-state index contributed by atoms with van der Waals surface area (Å²) in [6, 6.07) is 79.8. The first-order valence-corrected chi connectivity index (χ1v) is 20.7. The van der Waals surface area contributed by atoms with Gasteiger partial charge in [-0.3, -0.25) is 0 Å². The van der Waals surface area contributed by atoms with Gasteiger partial charge in [0.05, 0.1) is 34.1 Å². The Morgan fingerprint density at radius 1 is 0.279 bits per heavy atom. The molecule has 0 saturated heterocycles.